The van der Waals surface area contributed by atoms with Crippen molar-refractivity contribution < 1.29 is 4.79 Å². The summed E-state index contributed by atoms with van der Waals surface area (Å²) in [4.78, 5) is 30.0. The third-order valence-electron chi connectivity index (χ3n) is 3.54. The molecule has 25 heavy (non-hydrogen) atoms. The number of anilines is 1. The number of nitrogens with one attached hydrogen (secondary N) is 1. The van der Waals surface area contributed by atoms with Gasteiger partial charge in [0.15, 0.2) is 0 Å². The smallest absolute Gasteiger partial charge is 0.261 e. The van der Waals surface area contributed by atoms with Crippen LogP contribution in [0.4, 0.5) is 5.69 Å². The predicted octanol–water partition coefficient (Wildman–Crippen LogP) is 4.06. The fourth-order valence-electron chi connectivity index (χ4n) is 2.40. The predicted molar refractivity (Wildman–Crippen MR) is 103 cm³/mol. The number of halogens is 2. The zero-order chi connectivity index (χ0) is 18.0. The largest absolute Gasteiger partial charge is 0.324 e. The van der Waals surface area contributed by atoms with E-state index in [2.05, 4.69) is 10.3 Å². The average Bonchev–Trinajstić information content (AvgIpc) is 2.58. The highest BCUT2D eigenvalue weighted by molar-refractivity contribution is 7.98. The van der Waals surface area contributed by atoms with Gasteiger partial charge in [-0.05, 0) is 30.5 Å². The van der Waals surface area contributed by atoms with Crippen LogP contribution in [0.5, 0.6) is 0 Å². The van der Waals surface area contributed by atoms with Crippen molar-refractivity contribution in [3.8, 4) is 0 Å². The lowest BCUT2D eigenvalue weighted by Crippen LogP contribution is -2.28. The van der Waals surface area contributed by atoms with Crippen LogP contribution >= 0.6 is 35.0 Å². The number of aromatic nitrogens is 2. The third kappa shape index (κ3) is 3.81. The molecule has 0 aliphatic heterocycles. The Morgan fingerprint density at radius 3 is 2.80 bits per heavy atom. The van der Waals surface area contributed by atoms with E-state index < -0.39 is 0 Å². The number of rotatable bonds is 4. The first-order chi connectivity index (χ1) is 12.0. The molecule has 0 atom stereocenters. The monoisotopic (exact) mass is 393 g/mol. The van der Waals surface area contributed by atoms with Gasteiger partial charge in [-0.2, -0.15) is 0 Å². The molecule has 8 heteroatoms. The summed E-state index contributed by atoms with van der Waals surface area (Å²) in [5.41, 5.74) is 0.691. The molecular formula is C17H13Cl2N3O2S. The molecule has 0 radical (unpaired) electrons. The highest BCUT2D eigenvalue weighted by atomic mass is 35.5. The van der Waals surface area contributed by atoms with Gasteiger partial charge in [0.2, 0.25) is 5.91 Å². The fourth-order valence-corrected chi connectivity index (χ4v) is 3.50. The van der Waals surface area contributed by atoms with Crippen molar-refractivity contribution in [2.75, 3.05) is 11.6 Å². The van der Waals surface area contributed by atoms with Crippen molar-refractivity contribution in [2.24, 2.45) is 0 Å². The summed E-state index contributed by atoms with van der Waals surface area (Å²) in [7, 11) is 0. The van der Waals surface area contributed by atoms with Gasteiger partial charge in [-0.1, -0.05) is 35.3 Å². The van der Waals surface area contributed by atoms with Gasteiger partial charge in [0.25, 0.3) is 5.56 Å². The van der Waals surface area contributed by atoms with Crippen molar-refractivity contribution in [3.05, 3.63) is 63.1 Å². The molecule has 1 heterocycles. The molecule has 0 fully saturated rings. The van der Waals surface area contributed by atoms with Gasteiger partial charge in [0, 0.05) is 9.92 Å². The second-order valence-corrected chi connectivity index (χ2v) is 6.90. The minimum absolute atomic E-state index is 0.158. The first kappa shape index (κ1) is 17.8. The molecule has 1 amide bonds. The van der Waals surface area contributed by atoms with E-state index in [1.807, 2.05) is 30.5 Å². The lowest BCUT2D eigenvalue weighted by molar-refractivity contribution is -0.116. The van der Waals surface area contributed by atoms with Crippen LogP contribution in [0.25, 0.3) is 10.9 Å². The van der Waals surface area contributed by atoms with Gasteiger partial charge >= 0.3 is 0 Å². The summed E-state index contributed by atoms with van der Waals surface area (Å²) >= 11 is 13.5. The standard InChI is InChI=1S/C17H13Cl2N3O2S/c1-25-14-5-3-2-4-13(14)21-15(23)8-22-9-20-16-11(17(22)24)6-10(18)7-12(16)19/h2-7,9H,8H2,1H3,(H,21,23). The number of carbonyl (C=O) groups excluding carboxylic acids is 1. The maximum absolute atomic E-state index is 12.6. The van der Waals surface area contributed by atoms with E-state index >= 15 is 0 Å². The number of fused-ring (bicyclic) bond motifs is 1. The Labute approximate surface area is 158 Å². The molecule has 1 N–H and O–H groups in total. The molecule has 3 rings (SSSR count). The number of hydrogen-bond acceptors (Lipinski definition) is 4. The van der Waals surface area contributed by atoms with Crippen molar-refractivity contribution in [1.29, 1.82) is 0 Å². The average molecular weight is 394 g/mol. The second kappa shape index (κ2) is 7.47. The van der Waals surface area contributed by atoms with E-state index in [1.54, 1.807) is 0 Å². The Morgan fingerprint density at radius 2 is 2.04 bits per heavy atom. The second-order valence-electron chi connectivity index (χ2n) is 5.21. The fraction of sp³-hybridized carbons (Fsp3) is 0.118. The molecular weight excluding hydrogens is 381 g/mol. The summed E-state index contributed by atoms with van der Waals surface area (Å²) in [6, 6.07) is 10.5. The van der Waals surface area contributed by atoms with E-state index in [1.165, 1.54) is 34.8 Å². The summed E-state index contributed by atoms with van der Waals surface area (Å²) in [6.45, 7) is -0.158. The van der Waals surface area contributed by atoms with Crippen LogP contribution in [-0.2, 0) is 11.3 Å². The van der Waals surface area contributed by atoms with Crippen LogP contribution in [0.1, 0.15) is 0 Å². The molecule has 0 aliphatic rings. The summed E-state index contributed by atoms with van der Waals surface area (Å²) < 4.78 is 1.23. The lowest BCUT2D eigenvalue weighted by atomic mass is 10.2. The van der Waals surface area contributed by atoms with Crippen molar-refractivity contribution in [1.82, 2.24) is 9.55 Å². The zero-order valence-corrected chi connectivity index (χ0v) is 15.5. The first-order valence-corrected chi connectivity index (χ1v) is 9.24. The molecule has 1 aromatic heterocycles. The minimum atomic E-state index is -0.372. The van der Waals surface area contributed by atoms with E-state index in [9.17, 15) is 9.59 Å². The maximum atomic E-state index is 12.6. The SMILES string of the molecule is CSc1ccccc1NC(=O)Cn1cnc2c(Cl)cc(Cl)cc2c1=O. The normalized spacial score (nSPS) is 10.8. The third-order valence-corrected chi connectivity index (χ3v) is 4.84. The number of thioether (sulfide) groups is 1. The van der Waals surface area contributed by atoms with E-state index in [-0.39, 0.29) is 23.4 Å². The van der Waals surface area contributed by atoms with Gasteiger partial charge in [-0.25, -0.2) is 4.98 Å². The molecule has 0 saturated carbocycles. The number of nitrogens with zero attached hydrogens (tertiary/aromatic N) is 2. The zero-order valence-electron chi connectivity index (χ0n) is 13.1. The van der Waals surface area contributed by atoms with Crippen molar-refractivity contribution in [2.45, 2.75) is 11.4 Å². The highest BCUT2D eigenvalue weighted by Crippen LogP contribution is 2.25. The Bertz CT molecular complexity index is 1020. The number of hydrogen-bond donors (Lipinski definition) is 1. The van der Waals surface area contributed by atoms with Crippen LogP contribution in [-0.4, -0.2) is 21.7 Å². The Morgan fingerprint density at radius 1 is 1.28 bits per heavy atom. The van der Waals surface area contributed by atoms with Gasteiger partial charge in [0.05, 0.1) is 27.9 Å². The van der Waals surface area contributed by atoms with Gasteiger partial charge < -0.3 is 5.32 Å². The number of amides is 1. The van der Waals surface area contributed by atoms with Crippen LogP contribution in [0.2, 0.25) is 10.0 Å². The number of benzene rings is 2. The summed E-state index contributed by atoms with van der Waals surface area (Å²) in [5, 5.41) is 3.72. The minimum Gasteiger partial charge on any atom is -0.324 e. The summed E-state index contributed by atoms with van der Waals surface area (Å²) in [5.74, 6) is -0.321. The van der Waals surface area contributed by atoms with Crippen LogP contribution in [0, 0.1) is 0 Å². The Balaban J connectivity index is 1.89. The van der Waals surface area contributed by atoms with Crippen LogP contribution < -0.4 is 10.9 Å². The highest BCUT2D eigenvalue weighted by Gasteiger charge is 2.12. The lowest BCUT2D eigenvalue weighted by Gasteiger charge is -2.11. The maximum Gasteiger partial charge on any atom is 0.261 e. The van der Waals surface area contributed by atoms with E-state index in [0.29, 0.717) is 21.2 Å². The van der Waals surface area contributed by atoms with Crippen molar-refractivity contribution in [3.63, 3.8) is 0 Å². The molecule has 0 saturated heterocycles. The molecule has 0 spiro atoms. The molecule has 5 nitrogen and oxygen atoms in total. The van der Waals surface area contributed by atoms with Gasteiger partial charge in [-0.15, -0.1) is 11.8 Å². The van der Waals surface area contributed by atoms with Crippen LogP contribution in [0.3, 0.4) is 0 Å². The molecule has 0 unspecified atom stereocenters. The van der Waals surface area contributed by atoms with Gasteiger partial charge in [0.1, 0.15) is 6.54 Å². The first-order valence-electron chi connectivity index (χ1n) is 7.26. The van der Waals surface area contributed by atoms with E-state index in [0.717, 1.165) is 4.90 Å². The molecule has 2 aromatic carbocycles. The molecule has 0 bridgehead atoms. The number of carbonyl (C=O) groups is 1. The van der Waals surface area contributed by atoms with Crippen LogP contribution in [0.15, 0.2) is 52.4 Å². The molecule has 3 aromatic rings. The Kier molecular flexibility index (Phi) is 5.32. The van der Waals surface area contributed by atoms with Gasteiger partial charge in [-0.3, -0.25) is 14.2 Å². The molecule has 128 valence electrons. The quantitative estimate of drug-likeness (QED) is 0.678. The summed E-state index contributed by atoms with van der Waals surface area (Å²) in [6.07, 6.45) is 3.24. The topological polar surface area (TPSA) is 64.0 Å². The van der Waals surface area contributed by atoms with E-state index in [4.69, 9.17) is 23.2 Å². The number of para-hydroxylation sites is 1. The molecule has 0 aliphatic carbocycles. The Hall–Kier alpha value is -2.02. The van der Waals surface area contributed by atoms with Crippen molar-refractivity contribution >= 4 is 57.5 Å².